The van der Waals surface area contributed by atoms with Crippen LogP contribution in [0.15, 0.2) is 72.9 Å². The standard InChI is InChI=1S/C53H94O15P2/c1-3-5-7-9-11-13-15-17-19-21-22-23-24-26-28-30-32-34-36-38-40-42-53(58)64-44-50(55)46-66-70(61,62)68-48-51(56)47-67-69(59,60)65-45-49(54)43-63-52(57)41-39-37-35-33-31-29-27-25-20-18-16-14-12-10-8-6-4-2/h5,7,11,13,17-20,22-23,26,28,49-51,54-56H,3-4,6,8-10,12,14-16,21,24-25,27,29-48H2,1-2H3,(H,59,60)(H,61,62)/b7-5-,13-11-,19-17-,20-18+,23-22-,28-26-. The van der Waals surface area contributed by atoms with Crippen molar-refractivity contribution in [1.82, 2.24) is 0 Å². The molecule has 0 bridgehead atoms. The van der Waals surface area contributed by atoms with Crippen LogP contribution in [-0.4, -0.2) is 95.0 Å². The van der Waals surface area contributed by atoms with E-state index >= 15 is 0 Å². The number of hydrogen-bond donors (Lipinski definition) is 5. The zero-order valence-electron chi connectivity index (χ0n) is 42.9. The lowest BCUT2D eigenvalue weighted by molar-refractivity contribution is -0.148. The van der Waals surface area contributed by atoms with E-state index in [-0.39, 0.29) is 12.8 Å². The number of allylic oxidation sites excluding steroid dienone is 12. The van der Waals surface area contributed by atoms with Gasteiger partial charge in [0.15, 0.2) is 0 Å². The molecule has 406 valence electrons. The Morgan fingerprint density at radius 3 is 1.00 bits per heavy atom. The van der Waals surface area contributed by atoms with E-state index < -0.39 is 85.5 Å². The van der Waals surface area contributed by atoms with Crippen LogP contribution in [0.25, 0.3) is 0 Å². The summed E-state index contributed by atoms with van der Waals surface area (Å²) in [6, 6.07) is 0. The van der Waals surface area contributed by atoms with Gasteiger partial charge in [-0.1, -0.05) is 170 Å². The van der Waals surface area contributed by atoms with Crippen molar-refractivity contribution < 1.29 is 71.4 Å². The Morgan fingerprint density at radius 1 is 0.386 bits per heavy atom. The average molecular weight is 1030 g/mol. The van der Waals surface area contributed by atoms with Crippen LogP contribution in [0.1, 0.15) is 194 Å². The van der Waals surface area contributed by atoms with Gasteiger partial charge in [-0.25, -0.2) is 9.13 Å². The van der Waals surface area contributed by atoms with Crippen molar-refractivity contribution in [3.8, 4) is 0 Å². The van der Waals surface area contributed by atoms with Crippen molar-refractivity contribution in [3.05, 3.63) is 72.9 Å². The van der Waals surface area contributed by atoms with Gasteiger partial charge in [0.25, 0.3) is 0 Å². The van der Waals surface area contributed by atoms with E-state index in [0.717, 1.165) is 96.3 Å². The lowest BCUT2D eigenvalue weighted by Crippen LogP contribution is -2.25. The Balaban J connectivity index is 3.89. The molecule has 15 nitrogen and oxygen atoms in total. The van der Waals surface area contributed by atoms with Crippen LogP contribution >= 0.6 is 15.6 Å². The van der Waals surface area contributed by atoms with Gasteiger partial charge >= 0.3 is 27.6 Å². The number of phosphoric acid groups is 2. The van der Waals surface area contributed by atoms with Gasteiger partial charge in [-0.2, -0.15) is 0 Å². The molecule has 0 aromatic rings. The summed E-state index contributed by atoms with van der Waals surface area (Å²) in [5.41, 5.74) is 0. The van der Waals surface area contributed by atoms with Crippen LogP contribution in [0.2, 0.25) is 0 Å². The molecule has 0 heterocycles. The van der Waals surface area contributed by atoms with Crippen LogP contribution < -0.4 is 0 Å². The topological polar surface area (TPSA) is 225 Å². The SMILES string of the molecule is CC/C=C\C/C=C\C/C=C\C/C=C\C/C=C\CCCCCCCC(=O)OCC(O)COP(=O)(O)OCC(O)COP(=O)(O)OCC(O)COC(=O)CCCCCCCCC/C=C/CCCCCCCC. The fourth-order valence-corrected chi connectivity index (χ4v) is 8.18. The predicted molar refractivity (Wildman–Crippen MR) is 279 cm³/mol. The molecule has 5 N–H and O–H groups in total. The second-order valence-electron chi connectivity index (χ2n) is 17.5. The molecule has 0 amide bonds. The summed E-state index contributed by atoms with van der Waals surface area (Å²) in [6.45, 7) is 0.282. The number of hydrogen-bond acceptors (Lipinski definition) is 13. The second-order valence-corrected chi connectivity index (χ2v) is 20.4. The summed E-state index contributed by atoms with van der Waals surface area (Å²) in [5.74, 6) is -1.02. The molecule has 0 aliphatic heterocycles. The quantitative estimate of drug-likeness (QED) is 0.0165. The third-order valence-corrected chi connectivity index (χ3v) is 12.5. The molecule has 0 saturated heterocycles. The van der Waals surface area contributed by atoms with Crippen molar-refractivity contribution >= 4 is 27.6 Å². The van der Waals surface area contributed by atoms with Crippen LogP contribution in [0.5, 0.6) is 0 Å². The fraction of sp³-hybridized carbons (Fsp3) is 0.736. The highest BCUT2D eigenvalue weighted by Gasteiger charge is 2.28. The smallest absolute Gasteiger partial charge is 0.463 e. The van der Waals surface area contributed by atoms with E-state index in [1.165, 1.54) is 57.8 Å². The Labute approximate surface area is 422 Å². The van der Waals surface area contributed by atoms with Crippen LogP contribution in [0.4, 0.5) is 0 Å². The van der Waals surface area contributed by atoms with Gasteiger partial charge in [0.1, 0.15) is 31.5 Å². The number of esters is 2. The number of ether oxygens (including phenoxy) is 2. The minimum Gasteiger partial charge on any atom is -0.463 e. The molecular formula is C53H94O15P2. The second kappa shape index (κ2) is 48.7. The number of phosphoric ester groups is 2. The first-order chi connectivity index (χ1) is 33.8. The summed E-state index contributed by atoms with van der Waals surface area (Å²) < 4.78 is 53.1. The van der Waals surface area contributed by atoms with Crippen LogP contribution in [-0.2, 0) is 46.3 Å². The molecule has 0 aromatic carbocycles. The lowest BCUT2D eigenvalue weighted by atomic mass is 10.1. The van der Waals surface area contributed by atoms with E-state index in [9.17, 15) is 43.8 Å². The third-order valence-electron chi connectivity index (χ3n) is 10.6. The normalized spacial score (nSPS) is 15.5. The third kappa shape index (κ3) is 50.4. The van der Waals surface area contributed by atoms with E-state index in [0.29, 0.717) is 12.8 Å². The minimum atomic E-state index is -4.80. The highest BCUT2D eigenvalue weighted by molar-refractivity contribution is 7.47. The first-order valence-electron chi connectivity index (χ1n) is 26.3. The first kappa shape index (κ1) is 67.5. The molecule has 17 heteroatoms. The summed E-state index contributed by atoms with van der Waals surface area (Å²) in [6.07, 6.45) is 50.2. The van der Waals surface area contributed by atoms with Gasteiger partial charge in [-0.05, 0) is 83.5 Å². The first-order valence-corrected chi connectivity index (χ1v) is 29.3. The molecule has 0 rings (SSSR count). The van der Waals surface area contributed by atoms with Crippen molar-refractivity contribution in [3.63, 3.8) is 0 Å². The summed E-state index contributed by atoms with van der Waals surface area (Å²) in [4.78, 5) is 43.9. The maximum absolute atomic E-state index is 12.2. The number of rotatable bonds is 50. The summed E-state index contributed by atoms with van der Waals surface area (Å²) in [7, 11) is -9.59. The minimum absolute atomic E-state index is 0.171. The molecule has 0 aromatic heterocycles. The number of unbranched alkanes of at least 4 members (excludes halogenated alkanes) is 18. The van der Waals surface area contributed by atoms with Crippen molar-refractivity contribution in [2.24, 2.45) is 0 Å². The van der Waals surface area contributed by atoms with E-state index in [1.54, 1.807) is 0 Å². The molecular weight excluding hydrogens is 939 g/mol. The van der Waals surface area contributed by atoms with Gasteiger partial charge in [-0.15, -0.1) is 0 Å². The Morgan fingerprint density at radius 2 is 0.657 bits per heavy atom. The van der Waals surface area contributed by atoms with Crippen molar-refractivity contribution in [2.45, 2.75) is 212 Å². The zero-order valence-corrected chi connectivity index (χ0v) is 44.7. The zero-order chi connectivity index (χ0) is 51.7. The van der Waals surface area contributed by atoms with Crippen LogP contribution in [0, 0.1) is 0 Å². The Kier molecular flexibility index (Phi) is 47.0. The average Bonchev–Trinajstić information content (AvgIpc) is 3.34. The highest BCUT2D eigenvalue weighted by atomic mass is 31.2. The van der Waals surface area contributed by atoms with E-state index in [1.807, 2.05) is 0 Å². The fourth-order valence-electron chi connectivity index (χ4n) is 6.59. The number of carbonyl (C=O) groups is 2. The van der Waals surface area contributed by atoms with Crippen molar-refractivity contribution in [1.29, 1.82) is 0 Å². The van der Waals surface area contributed by atoms with Crippen molar-refractivity contribution in [2.75, 3.05) is 39.6 Å². The maximum atomic E-state index is 12.2. The molecule has 0 aliphatic carbocycles. The van der Waals surface area contributed by atoms with Gasteiger partial charge < -0.3 is 34.6 Å². The molecule has 0 fully saturated rings. The maximum Gasteiger partial charge on any atom is 0.472 e. The van der Waals surface area contributed by atoms with E-state index in [4.69, 9.17) is 18.5 Å². The van der Waals surface area contributed by atoms with Crippen LogP contribution in [0.3, 0.4) is 0 Å². The molecule has 0 saturated carbocycles. The van der Waals surface area contributed by atoms with Gasteiger partial charge in [0.2, 0.25) is 0 Å². The number of aliphatic hydroxyl groups is 3. The Bertz CT molecular complexity index is 1530. The summed E-state index contributed by atoms with van der Waals surface area (Å²) in [5, 5.41) is 30.1. The Hall–Kier alpha value is -2.52. The lowest BCUT2D eigenvalue weighted by Gasteiger charge is -2.19. The number of carbonyl (C=O) groups excluding carboxylic acids is 2. The van der Waals surface area contributed by atoms with Gasteiger partial charge in [0.05, 0.1) is 26.4 Å². The van der Waals surface area contributed by atoms with Gasteiger partial charge in [-0.3, -0.25) is 27.7 Å². The highest BCUT2D eigenvalue weighted by Crippen LogP contribution is 2.45. The monoisotopic (exact) mass is 1030 g/mol. The molecule has 70 heavy (non-hydrogen) atoms. The molecule has 5 atom stereocenters. The molecule has 0 spiro atoms. The molecule has 5 unspecified atom stereocenters. The van der Waals surface area contributed by atoms with E-state index in [2.05, 4.69) is 95.8 Å². The predicted octanol–water partition coefficient (Wildman–Crippen LogP) is 12.7. The summed E-state index contributed by atoms with van der Waals surface area (Å²) >= 11 is 0. The number of aliphatic hydroxyl groups excluding tert-OH is 3. The molecule has 0 aliphatic rings. The molecule has 0 radical (unpaired) electrons. The largest absolute Gasteiger partial charge is 0.472 e. The van der Waals surface area contributed by atoms with Gasteiger partial charge in [0, 0.05) is 12.8 Å².